The molecular weight excluding hydrogens is 308 g/mol. The molecule has 1 aromatic rings. The molecule has 0 bridgehead atoms. The molecule has 0 fully saturated rings. The van der Waals surface area contributed by atoms with Crippen molar-refractivity contribution in [2.45, 2.75) is 6.92 Å². The number of aromatic hydroxyl groups is 1. The number of nitro groups is 1. The van der Waals surface area contributed by atoms with Gasteiger partial charge in [0.1, 0.15) is 5.75 Å². The summed E-state index contributed by atoms with van der Waals surface area (Å²) in [5, 5.41) is 24.0. The highest BCUT2D eigenvalue weighted by atomic mass is 79.9. The molecule has 0 saturated heterocycles. The standard InChI is InChI=1S/C9H9BrN4O4/c1-4-6(14(17)18)2-5(8(15)7(4)10)3-12-13-9(11)16/h2-3,15H,1H3,(H3,11,13,16). The minimum atomic E-state index is -0.883. The molecule has 18 heavy (non-hydrogen) atoms. The number of hydrogen-bond acceptors (Lipinski definition) is 5. The van der Waals surface area contributed by atoms with Gasteiger partial charge in [0.05, 0.1) is 15.6 Å². The number of phenols is 1. The predicted octanol–water partition coefficient (Wildman–Crippen LogP) is 1.37. The van der Waals surface area contributed by atoms with Gasteiger partial charge in [-0.3, -0.25) is 10.1 Å². The zero-order valence-corrected chi connectivity index (χ0v) is 10.8. The second-order valence-electron chi connectivity index (χ2n) is 3.26. The average molecular weight is 317 g/mol. The van der Waals surface area contributed by atoms with Gasteiger partial charge in [0.15, 0.2) is 0 Å². The van der Waals surface area contributed by atoms with Crippen molar-refractivity contribution < 1.29 is 14.8 Å². The maximum Gasteiger partial charge on any atom is 0.332 e. The Morgan fingerprint density at radius 1 is 1.72 bits per heavy atom. The molecular formula is C9H9BrN4O4. The predicted molar refractivity (Wildman–Crippen MR) is 67.5 cm³/mol. The Hall–Kier alpha value is -2.16. The number of nitro benzene ring substituents is 1. The van der Waals surface area contributed by atoms with Gasteiger partial charge >= 0.3 is 6.03 Å². The summed E-state index contributed by atoms with van der Waals surface area (Å²) in [6, 6.07) is 0.258. The van der Waals surface area contributed by atoms with Crippen LogP contribution in [0.4, 0.5) is 10.5 Å². The second kappa shape index (κ2) is 5.45. The molecule has 4 N–H and O–H groups in total. The van der Waals surface area contributed by atoms with Crippen molar-refractivity contribution in [1.82, 2.24) is 5.43 Å². The minimum absolute atomic E-state index is 0.0768. The molecule has 0 radical (unpaired) electrons. The smallest absolute Gasteiger partial charge is 0.332 e. The quantitative estimate of drug-likeness (QED) is 0.441. The van der Waals surface area contributed by atoms with E-state index in [0.717, 1.165) is 12.3 Å². The number of phenolic OH excluding ortho intramolecular Hbond substituents is 1. The number of halogens is 1. The number of nitrogens with zero attached hydrogens (tertiary/aromatic N) is 2. The first-order chi connectivity index (χ1) is 8.34. The molecule has 0 aliphatic carbocycles. The van der Waals surface area contributed by atoms with Gasteiger partial charge in [0.2, 0.25) is 0 Å². The highest BCUT2D eigenvalue weighted by Gasteiger charge is 2.19. The first kappa shape index (κ1) is 13.9. The lowest BCUT2D eigenvalue weighted by Crippen LogP contribution is -2.24. The summed E-state index contributed by atoms with van der Waals surface area (Å²) in [5.41, 5.74) is 6.88. The summed E-state index contributed by atoms with van der Waals surface area (Å²) in [6.45, 7) is 1.49. The van der Waals surface area contributed by atoms with Crippen LogP contribution in [-0.2, 0) is 0 Å². The van der Waals surface area contributed by atoms with Gasteiger partial charge in [-0.1, -0.05) is 0 Å². The molecule has 2 amide bonds. The highest BCUT2D eigenvalue weighted by Crippen LogP contribution is 2.36. The van der Waals surface area contributed by atoms with Gasteiger partial charge in [0, 0.05) is 17.2 Å². The first-order valence-corrected chi connectivity index (χ1v) is 5.38. The van der Waals surface area contributed by atoms with Crippen LogP contribution in [0.3, 0.4) is 0 Å². The number of primary amides is 1. The van der Waals surface area contributed by atoms with E-state index < -0.39 is 11.0 Å². The summed E-state index contributed by atoms with van der Waals surface area (Å²) in [5.74, 6) is -0.215. The number of carbonyl (C=O) groups is 1. The second-order valence-corrected chi connectivity index (χ2v) is 4.06. The van der Waals surface area contributed by atoms with Crippen molar-refractivity contribution in [3.05, 3.63) is 31.8 Å². The number of urea groups is 1. The number of rotatable bonds is 3. The van der Waals surface area contributed by atoms with E-state index in [-0.39, 0.29) is 27.0 Å². The number of hydrazone groups is 1. The van der Waals surface area contributed by atoms with Crippen LogP contribution in [0, 0.1) is 17.0 Å². The molecule has 0 unspecified atom stereocenters. The van der Waals surface area contributed by atoms with Gasteiger partial charge in [-0.15, -0.1) is 0 Å². The summed E-state index contributed by atoms with van der Waals surface area (Å²) in [7, 11) is 0. The molecule has 0 heterocycles. The molecule has 0 atom stereocenters. The van der Waals surface area contributed by atoms with Gasteiger partial charge in [0.25, 0.3) is 5.69 Å². The minimum Gasteiger partial charge on any atom is -0.506 e. The third-order valence-corrected chi connectivity index (χ3v) is 3.03. The molecule has 96 valence electrons. The summed E-state index contributed by atoms with van der Waals surface area (Å²) < 4.78 is 0.192. The number of benzene rings is 1. The Kier molecular flexibility index (Phi) is 4.21. The van der Waals surface area contributed by atoms with Crippen molar-refractivity contribution >= 4 is 33.9 Å². The highest BCUT2D eigenvalue weighted by molar-refractivity contribution is 9.10. The normalized spacial score (nSPS) is 10.6. The van der Waals surface area contributed by atoms with E-state index in [1.807, 2.05) is 5.43 Å². The maximum absolute atomic E-state index is 10.8. The fourth-order valence-corrected chi connectivity index (χ4v) is 1.63. The molecule has 1 aromatic carbocycles. The van der Waals surface area contributed by atoms with Crippen LogP contribution in [0.25, 0.3) is 0 Å². The van der Waals surface area contributed by atoms with Crippen molar-refractivity contribution in [2.75, 3.05) is 0 Å². The van der Waals surface area contributed by atoms with Crippen molar-refractivity contribution in [3.8, 4) is 5.75 Å². The zero-order chi connectivity index (χ0) is 13.9. The van der Waals surface area contributed by atoms with Gasteiger partial charge in [-0.05, 0) is 22.9 Å². The van der Waals surface area contributed by atoms with E-state index in [1.54, 1.807) is 0 Å². The number of carbonyl (C=O) groups excluding carboxylic acids is 1. The molecule has 0 spiro atoms. The van der Waals surface area contributed by atoms with Crippen LogP contribution < -0.4 is 11.2 Å². The topological polar surface area (TPSA) is 131 Å². The third kappa shape index (κ3) is 2.94. The van der Waals surface area contributed by atoms with Crippen molar-refractivity contribution in [1.29, 1.82) is 0 Å². The Balaban J connectivity index is 3.24. The molecule has 0 aromatic heterocycles. The van der Waals surface area contributed by atoms with Crippen LogP contribution >= 0.6 is 15.9 Å². The lowest BCUT2D eigenvalue weighted by molar-refractivity contribution is -0.385. The molecule has 0 aliphatic heterocycles. The van der Waals surface area contributed by atoms with Gasteiger partial charge in [-0.25, -0.2) is 10.2 Å². The largest absolute Gasteiger partial charge is 0.506 e. The summed E-state index contributed by atoms with van der Waals surface area (Å²) in [4.78, 5) is 20.6. The lowest BCUT2D eigenvalue weighted by atomic mass is 10.1. The van der Waals surface area contributed by atoms with E-state index >= 15 is 0 Å². The molecule has 1 rings (SSSR count). The van der Waals surface area contributed by atoms with E-state index in [9.17, 15) is 20.0 Å². The van der Waals surface area contributed by atoms with E-state index in [2.05, 4.69) is 21.0 Å². The summed E-state index contributed by atoms with van der Waals surface area (Å²) >= 11 is 3.04. The van der Waals surface area contributed by atoms with Crippen LogP contribution in [0.5, 0.6) is 5.75 Å². The number of nitrogens with two attached hydrogens (primary N) is 1. The van der Waals surface area contributed by atoms with E-state index in [4.69, 9.17) is 5.73 Å². The maximum atomic E-state index is 10.8. The van der Waals surface area contributed by atoms with Crippen molar-refractivity contribution in [2.24, 2.45) is 10.8 Å². The van der Waals surface area contributed by atoms with E-state index in [0.29, 0.717) is 0 Å². The fourth-order valence-electron chi connectivity index (χ4n) is 1.19. The third-order valence-electron chi connectivity index (χ3n) is 2.06. The fraction of sp³-hybridized carbons (Fsp3) is 0.111. The molecule has 0 saturated carbocycles. The summed E-state index contributed by atoms with van der Waals surface area (Å²) in [6.07, 6.45) is 1.05. The molecule has 8 nitrogen and oxygen atoms in total. The lowest BCUT2D eigenvalue weighted by Gasteiger charge is -2.06. The first-order valence-electron chi connectivity index (χ1n) is 4.59. The average Bonchev–Trinajstić information content (AvgIpc) is 2.28. The Morgan fingerprint density at radius 2 is 2.33 bits per heavy atom. The number of hydrogen-bond donors (Lipinski definition) is 3. The van der Waals surface area contributed by atoms with Crippen molar-refractivity contribution in [3.63, 3.8) is 0 Å². The Labute approximate surface area is 110 Å². The number of nitrogens with one attached hydrogen (secondary N) is 1. The van der Waals surface area contributed by atoms with Gasteiger partial charge in [-0.2, -0.15) is 5.10 Å². The van der Waals surface area contributed by atoms with Crippen LogP contribution in [-0.4, -0.2) is 22.3 Å². The Morgan fingerprint density at radius 3 is 2.83 bits per heavy atom. The van der Waals surface area contributed by atoms with Crippen LogP contribution in [0.2, 0.25) is 0 Å². The Bertz CT molecular complexity index is 544. The van der Waals surface area contributed by atoms with Crippen LogP contribution in [0.1, 0.15) is 11.1 Å². The van der Waals surface area contributed by atoms with Crippen LogP contribution in [0.15, 0.2) is 15.6 Å². The monoisotopic (exact) mass is 316 g/mol. The number of amides is 2. The van der Waals surface area contributed by atoms with E-state index in [1.165, 1.54) is 6.92 Å². The zero-order valence-electron chi connectivity index (χ0n) is 9.18. The van der Waals surface area contributed by atoms with Gasteiger partial charge < -0.3 is 10.8 Å². The molecule has 9 heteroatoms. The molecule has 0 aliphatic rings. The SMILES string of the molecule is Cc1c([N+](=O)[O-])cc(C=NNC(N)=O)c(O)c1Br.